The second kappa shape index (κ2) is 8.25. The monoisotopic (exact) mass is 342 g/mol. The Kier molecular flexibility index (Phi) is 5.81. The van der Waals surface area contributed by atoms with Crippen LogP contribution in [0.3, 0.4) is 0 Å². The normalized spacial score (nSPS) is 26.2. The molecule has 1 aliphatic carbocycles. The van der Waals surface area contributed by atoms with Gasteiger partial charge in [0.05, 0.1) is 18.3 Å². The summed E-state index contributed by atoms with van der Waals surface area (Å²) in [6.45, 7) is 0.365. The molecule has 0 spiro atoms. The van der Waals surface area contributed by atoms with Crippen LogP contribution >= 0.6 is 0 Å². The zero-order chi connectivity index (χ0) is 17.6. The van der Waals surface area contributed by atoms with Crippen LogP contribution in [0.25, 0.3) is 0 Å². The molecular weight excluding hydrogens is 320 g/mol. The molecular formula is C20H22O5. The predicted octanol–water partition coefficient (Wildman–Crippen LogP) is 2.31. The van der Waals surface area contributed by atoms with Crippen LogP contribution in [0, 0.1) is 0 Å². The summed E-state index contributed by atoms with van der Waals surface area (Å²) in [5.74, 6) is -0.500. The highest BCUT2D eigenvalue weighted by Crippen LogP contribution is 2.26. The molecule has 0 aliphatic heterocycles. The van der Waals surface area contributed by atoms with Crippen molar-refractivity contribution in [2.24, 2.45) is 0 Å². The van der Waals surface area contributed by atoms with Crippen molar-refractivity contribution in [3.05, 3.63) is 71.8 Å². The number of rotatable bonds is 5. The molecule has 0 heterocycles. The average molecular weight is 342 g/mol. The summed E-state index contributed by atoms with van der Waals surface area (Å²) in [5, 5.41) is 20.6. The van der Waals surface area contributed by atoms with Crippen molar-refractivity contribution in [2.75, 3.05) is 0 Å². The molecule has 1 saturated carbocycles. The van der Waals surface area contributed by atoms with Gasteiger partial charge in [0.2, 0.25) is 0 Å². The fourth-order valence-corrected chi connectivity index (χ4v) is 2.98. The number of ether oxygens (including phenoxy) is 2. The first-order chi connectivity index (χ1) is 12.1. The second-order valence-electron chi connectivity index (χ2n) is 6.20. The Morgan fingerprint density at radius 3 is 2.12 bits per heavy atom. The van der Waals surface area contributed by atoms with Gasteiger partial charge < -0.3 is 19.7 Å². The molecule has 3 rings (SSSR count). The lowest BCUT2D eigenvalue weighted by molar-refractivity contribution is -0.158. The number of carbonyl (C=O) groups excluding carboxylic acids is 1. The molecule has 25 heavy (non-hydrogen) atoms. The van der Waals surface area contributed by atoms with E-state index in [9.17, 15) is 15.0 Å². The molecule has 1 aliphatic rings. The maximum Gasteiger partial charge on any atom is 0.338 e. The Morgan fingerprint density at radius 1 is 0.880 bits per heavy atom. The van der Waals surface area contributed by atoms with Gasteiger partial charge in [0.1, 0.15) is 18.3 Å². The van der Waals surface area contributed by atoms with Gasteiger partial charge in [-0.1, -0.05) is 48.5 Å². The van der Waals surface area contributed by atoms with E-state index in [4.69, 9.17) is 9.47 Å². The zero-order valence-corrected chi connectivity index (χ0v) is 13.8. The van der Waals surface area contributed by atoms with Gasteiger partial charge in [-0.25, -0.2) is 4.79 Å². The molecule has 0 bridgehead atoms. The number of hydrogen-bond donors (Lipinski definition) is 2. The molecule has 5 nitrogen and oxygen atoms in total. The lowest BCUT2D eigenvalue weighted by Gasteiger charge is -2.36. The Labute approximate surface area is 146 Å². The minimum Gasteiger partial charge on any atom is -0.456 e. The molecule has 0 unspecified atom stereocenters. The van der Waals surface area contributed by atoms with Crippen molar-refractivity contribution in [3.63, 3.8) is 0 Å². The van der Waals surface area contributed by atoms with Crippen LogP contribution in [0.15, 0.2) is 60.7 Å². The summed E-state index contributed by atoms with van der Waals surface area (Å²) in [5.41, 5.74) is 1.42. The maximum atomic E-state index is 12.1. The van der Waals surface area contributed by atoms with E-state index < -0.39 is 30.4 Å². The first-order valence-corrected chi connectivity index (χ1v) is 8.43. The summed E-state index contributed by atoms with van der Waals surface area (Å²) in [6.07, 6.45) is -2.52. The van der Waals surface area contributed by atoms with Gasteiger partial charge in [-0.2, -0.15) is 0 Å². The highest BCUT2D eigenvalue weighted by atomic mass is 16.6. The number of hydrogen-bond acceptors (Lipinski definition) is 5. The van der Waals surface area contributed by atoms with Gasteiger partial charge in [-0.3, -0.25) is 0 Å². The highest BCUT2D eigenvalue weighted by molar-refractivity contribution is 5.89. The molecule has 0 saturated heterocycles. The fraction of sp³-hybridized carbons (Fsp3) is 0.350. The summed E-state index contributed by atoms with van der Waals surface area (Å²) in [7, 11) is 0. The smallest absolute Gasteiger partial charge is 0.338 e. The Morgan fingerprint density at radius 2 is 1.44 bits per heavy atom. The Bertz CT molecular complexity index is 673. The summed E-state index contributed by atoms with van der Waals surface area (Å²) < 4.78 is 11.1. The summed E-state index contributed by atoms with van der Waals surface area (Å²) in [6, 6.07) is 18.3. The molecule has 0 amide bonds. The molecule has 2 N–H and O–H groups in total. The third-order valence-corrected chi connectivity index (χ3v) is 4.42. The van der Waals surface area contributed by atoms with Crippen molar-refractivity contribution in [1.82, 2.24) is 0 Å². The van der Waals surface area contributed by atoms with Crippen LogP contribution in [0.1, 0.15) is 28.8 Å². The Balaban J connectivity index is 1.54. The first-order valence-electron chi connectivity index (χ1n) is 8.43. The lowest BCUT2D eigenvalue weighted by Crippen LogP contribution is -2.51. The van der Waals surface area contributed by atoms with Crippen molar-refractivity contribution >= 4 is 5.97 Å². The third kappa shape index (κ3) is 4.45. The van der Waals surface area contributed by atoms with E-state index in [1.807, 2.05) is 36.4 Å². The van der Waals surface area contributed by atoms with Crippen LogP contribution in [-0.4, -0.2) is 40.6 Å². The third-order valence-electron chi connectivity index (χ3n) is 4.42. The Hall–Kier alpha value is -2.21. The molecule has 5 heteroatoms. The van der Waals surface area contributed by atoms with Gasteiger partial charge in [-0.15, -0.1) is 0 Å². The van der Waals surface area contributed by atoms with E-state index in [1.165, 1.54) is 0 Å². The summed E-state index contributed by atoms with van der Waals surface area (Å²) >= 11 is 0. The fourth-order valence-electron chi connectivity index (χ4n) is 2.98. The molecule has 2 aromatic carbocycles. The topological polar surface area (TPSA) is 76.0 Å². The average Bonchev–Trinajstić information content (AvgIpc) is 2.66. The largest absolute Gasteiger partial charge is 0.456 e. The van der Waals surface area contributed by atoms with E-state index in [-0.39, 0.29) is 0 Å². The van der Waals surface area contributed by atoms with Crippen LogP contribution in [-0.2, 0) is 16.1 Å². The number of esters is 1. The molecule has 132 valence electrons. The molecule has 1 fully saturated rings. The SMILES string of the molecule is O=C(O[C@@H]1CC[C@@H](OCc2ccccc2)[C@H](O)[C@@H]1O)c1ccccc1. The van der Waals surface area contributed by atoms with Gasteiger partial charge in [-0.05, 0) is 30.5 Å². The van der Waals surface area contributed by atoms with Crippen LogP contribution < -0.4 is 0 Å². The molecule has 4 atom stereocenters. The van der Waals surface area contributed by atoms with Gasteiger partial charge in [0.25, 0.3) is 0 Å². The number of carbonyl (C=O) groups is 1. The maximum absolute atomic E-state index is 12.1. The van der Waals surface area contributed by atoms with E-state index in [1.54, 1.807) is 24.3 Å². The van der Waals surface area contributed by atoms with E-state index >= 15 is 0 Å². The number of aliphatic hydroxyl groups excluding tert-OH is 2. The molecule has 0 radical (unpaired) electrons. The van der Waals surface area contributed by atoms with Crippen LogP contribution in [0.4, 0.5) is 0 Å². The minimum absolute atomic E-state index is 0.365. The summed E-state index contributed by atoms with van der Waals surface area (Å²) in [4.78, 5) is 12.1. The predicted molar refractivity (Wildman–Crippen MR) is 91.9 cm³/mol. The van der Waals surface area contributed by atoms with E-state index in [0.29, 0.717) is 25.0 Å². The molecule has 0 aromatic heterocycles. The zero-order valence-electron chi connectivity index (χ0n) is 13.8. The van der Waals surface area contributed by atoms with Crippen molar-refractivity contribution in [3.8, 4) is 0 Å². The number of benzene rings is 2. The minimum atomic E-state index is -1.16. The molecule has 2 aromatic rings. The van der Waals surface area contributed by atoms with Crippen LogP contribution in [0.2, 0.25) is 0 Å². The number of aliphatic hydroxyl groups is 2. The van der Waals surface area contributed by atoms with E-state index in [0.717, 1.165) is 5.56 Å². The van der Waals surface area contributed by atoms with Gasteiger partial charge >= 0.3 is 5.97 Å². The van der Waals surface area contributed by atoms with E-state index in [2.05, 4.69) is 0 Å². The first kappa shape index (κ1) is 17.6. The van der Waals surface area contributed by atoms with Crippen molar-refractivity contribution in [1.29, 1.82) is 0 Å². The van der Waals surface area contributed by atoms with Crippen molar-refractivity contribution < 1.29 is 24.5 Å². The van der Waals surface area contributed by atoms with Crippen LogP contribution in [0.5, 0.6) is 0 Å². The standard InChI is InChI=1S/C20H22O5/c21-18-16(24-13-14-7-3-1-4-8-14)11-12-17(19(18)22)25-20(23)15-9-5-2-6-10-15/h1-10,16-19,21-22H,11-13H2/t16-,17-,18+,19-/m1/s1. The lowest BCUT2D eigenvalue weighted by atomic mass is 9.89. The quantitative estimate of drug-likeness (QED) is 0.816. The second-order valence-corrected chi connectivity index (χ2v) is 6.20. The highest BCUT2D eigenvalue weighted by Gasteiger charge is 2.40. The van der Waals surface area contributed by atoms with Gasteiger partial charge in [0, 0.05) is 0 Å². The van der Waals surface area contributed by atoms with Gasteiger partial charge in [0.15, 0.2) is 0 Å². The van der Waals surface area contributed by atoms with Crippen molar-refractivity contribution in [2.45, 2.75) is 43.9 Å².